The smallest absolute Gasteiger partial charge is 0.214 e. The summed E-state index contributed by atoms with van der Waals surface area (Å²) in [5.41, 5.74) is 0.517. The summed E-state index contributed by atoms with van der Waals surface area (Å²) in [6.45, 7) is 0.923. The third kappa shape index (κ3) is 3.02. The van der Waals surface area contributed by atoms with Crippen molar-refractivity contribution in [2.45, 2.75) is 38.3 Å². The standard InChI is InChI=1S/C12H20N4O3S/c17-8-11-6-16(14-13-11)12-2-1-5-15(7-12)20(18,19)9-10-3-4-10/h6,10,12,17H,1-5,7-9H2. The van der Waals surface area contributed by atoms with Crippen molar-refractivity contribution in [2.24, 2.45) is 5.92 Å². The SMILES string of the molecule is O=S(=O)(CC1CC1)N1CCCC(n2cc(CO)nn2)C1. The highest BCUT2D eigenvalue weighted by molar-refractivity contribution is 7.89. The number of nitrogens with zero attached hydrogens (tertiary/aromatic N) is 4. The average molecular weight is 300 g/mol. The molecule has 1 saturated carbocycles. The zero-order valence-corrected chi connectivity index (χ0v) is 12.2. The molecule has 2 heterocycles. The topological polar surface area (TPSA) is 88.3 Å². The molecule has 112 valence electrons. The van der Waals surface area contributed by atoms with Gasteiger partial charge in [0.05, 0.1) is 24.6 Å². The van der Waals surface area contributed by atoms with Crippen molar-refractivity contribution in [1.29, 1.82) is 0 Å². The van der Waals surface area contributed by atoms with Crippen LogP contribution in [0.4, 0.5) is 0 Å². The summed E-state index contributed by atoms with van der Waals surface area (Å²) >= 11 is 0. The lowest BCUT2D eigenvalue weighted by Crippen LogP contribution is -2.42. The van der Waals surface area contributed by atoms with E-state index in [1.807, 2.05) is 0 Å². The summed E-state index contributed by atoms with van der Waals surface area (Å²) < 4.78 is 27.9. The van der Waals surface area contributed by atoms with Gasteiger partial charge in [-0.15, -0.1) is 5.10 Å². The second-order valence-electron chi connectivity index (χ2n) is 5.72. The van der Waals surface area contributed by atoms with Crippen LogP contribution in [-0.2, 0) is 16.6 Å². The molecule has 20 heavy (non-hydrogen) atoms. The summed E-state index contributed by atoms with van der Waals surface area (Å²) in [5, 5.41) is 16.9. The zero-order valence-electron chi connectivity index (χ0n) is 11.3. The maximum absolute atomic E-state index is 12.3. The zero-order chi connectivity index (χ0) is 14.2. The number of aromatic nitrogens is 3. The van der Waals surface area contributed by atoms with E-state index in [9.17, 15) is 8.42 Å². The van der Waals surface area contributed by atoms with Crippen molar-refractivity contribution in [2.75, 3.05) is 18.8 Å². The van der Waals surface area contributed by atoms with Crippen LogP contribution in [-0.4, -0.2) is 51.7 Å². The van der Waals surface area contributed by atoms with Gasteiger partial charge in [0, 0.05) is 13.1 Å². The largest absolute Gasteiger partial charge is 0.390 e. The molecule has 3 rings (SSSR count). The molecule has 0 spiro atoms. The van der Waals surface area contributed by atoms with Gasteiger partial charge in [-0.3, -0.25) is 0 Å². The first-order valence-electron chi connectivity index (χ1n) is 7.08. The average Bonchev–Trinajstić information content (AvgIpc) is 3.11. The minimum atomic E-state index is -3.14. The fraction of sp³-hybridized carbons (Fsp3) is 0.833. The van der Waals surface area contributed by atoms with Crippen LogP contribution in [0.2, 0.25) is 0 Å². The number of aliphatic hydroxyl groups excluding tert-OH is 1. The molecule has 1 aliphatic carbocycles. The molecule has 0 aromatic carbocycles. The Bertz CT molecular complexity index is 567. The minimum absolute atomic E-state index is 0.0190. The Morgan fingerprint density at radius 3 is 2.80 bits per heavy atom. The van der Waals surface area contributed by atoms with Crippen molar-refractivity contribution in [3.05, 3.63) is 11.9 Å². The van der Waals surface area contributed by atoms with Crippen LogP contribution < -0.4 is 0 Å². The number of rotatable bonds is 5. The van der Waals surface area contributed by atoms with Gasteiger partial charge in [-0.25, -0.2) is 13.1 Å². The maximum Gasteiger partial charge on any atom is 0.214 e. The number of sulfonamides is 1. The van der Waals surface area contributed by atoms with E-state index < -0.39 is 10.0 Å². The summed E-state index contributed by atoms with van der Waals surface area (Å²) in [4.78, 5) is 0. The van der Waals surface area contributed by atoms with Gasteiger partial charge >= 0.3 is 0 Å². The monoisotopic (exact) mass is 300 g/mol. The molecule has 1 aromatic heterocycles. The third-order valence-electron chi connectivity index (χ3n) is 3.99. The van der Waals surface area contributed by atoms with Crippen molar-refractivity contribution in [3.63, 3.8) is 0 Å². The Balaban J connectivity index is 1.69. The Kier molecular flexibility index (Phi) is 3.78. The van der Waals surface area contributed by atoms with Crippen LogP contribution in [0, 0.1) is 5.92 Å². The highest BCUT2D eigenvalue weighted by Gasteiger charge is 2.35. The lowest BCUT2D eigenvalue weighted by Gasteiger charge is -2.31. The summed E-state index contributed by atoms with van der Waals surface area (Å²) in [5.74, 6) is 0.659. The Hall–Kier alpha value is -0.990. The Morgan fingerprint density at radius 1 is 1.35 bits per heavy atom. The van der Waals surface area contributed by atoms with Gasteiger partial charge in [0.2, 0.25) is 10.0 Å². The van der Waals surface area contributed by atoms with E-state index in [0.717, 1.165) is 25.7 Å². The first-order valence-corrected chi connectivity index (χ1v) is 8.69. The van der Waals surface area contributed by atoms with Crippen molar-refractivity contribution in [1.82, 2.24) is 19.3 Å². The normalized spacial score (nSPS) is 24.9. The van der Waals surface area contributed by atoms with Crippen molar-refractivity contribution < 1.29 is 13.5 Å². The summed E-state index contributed by atoms with van der Waals surface area (Å²) in [6.07, 6.45) is 5.51. The first-order chi connectivity index (χ1) is 9.58. The Labute approximate surface area is 118 Å². The molecule has 1 atom stereocenters. The van der Waals surface area contributed by atoms with E-state index in [1.165, 1.54) is 0 Å². The summed E-state index contributed by atoms with van der Waals surface area (Å²) in [6, 6.07) is 0.0190. The third-order valence-corrected chi connectivity index (χ3v) is 6.00. The second kappa shape index (κ2) is 5.42. The molecule has 0 bridgehead atoms. The summed E-state index contributed by atoms with van der Waals surface area (Å²) in [7, 11) is -3.14. The molecular weight excluding hydrogens is 280 g/mol. The van der Waals surface area contributed by atoms with Gasteiger partial charge in [0.25, 0.3) is 0 Å². The van der Waals surface area contributed by atoms with Crippen molar-refractivity contribution >= 4 is 10.0 Å². The first kappa shape index (κ1) is 14.0. The number of hydrogen-bond donors (Lipinski definition) is 1. The van der Waals surface area contributed by atoms with Crippen LogP contribution in [0.3, 0.4) is 0 Å². The number of hydrogen-bond acceptors (Lipinski definition) is 5. The van der Waals surface area contributed by atoms with Crippen LogP contribution in [0.1, 0.15) is 37.4 Å². The highest BCUT2D eigenvalue weighted by atomic mass is 32.2. The van der Waals surface area contributed by atoms with Crippen molar-refractivity contribution in [3.8, 4) is 0 Å². The molecular formula is C12H20N4O3S. The lowest BCUT2D eigenvalue weighted by molar-refractivity contribution is 0.250. The molecule has 8 heteroatoms. The van der Waals surface area contributed by atoms with Gasteiger partial charge in [-0.1, -0.05) is 5.21 Å². The van der Waals surface area contributed by atoms with Gasteiger partial charge in [-0.2, -0.15) is 4.31 Å². The van der Waals surface area contributed by atoms with E-state index in [2.05, 4.69) is 10.3 Å². The van der Waals surface area contributed by atoms with Crippen LogP contribution in [0.15, 0.2) is 6.20 Å². The van der Waals surface area contributed by atoms with Crippen LogP contribution in [0.25, 0.3) is 0 Å². The van der Waals surface area contributed by atoms with Crippen LogP contribution >= 0.6 is 0 Å². The van der Waals surface area contributed by atoms with E-state index in [-0.39, 0.29) is 12.6 Å². The van der Waals surface area contributed by atoms with Gasteiger partial charge in [0.1, 0.15) is 5.69 Å². The van der Waals surface area contributed by atoms with Gasteiger partial charge in [0.15, 0.2) is 0 Å². The molecule has 1 saturated heterocycles. The fourth-order valence-corrected chi connectivity index (χ4v) is 4.59. The maximum atomic E-state index is 12.3. The van der Waals surface area contributed by atoms with E-state index in [0.29, 0.717) is 30.5 Å². The predicted molar refractivity (Wildman–Crippen MR) is 72.3 cm³/mol. The molecule has 1 aromatic rings. The molecule has 7 nitrogen and oxygen atoms in total. The molecule has 0 amide bonds. The molecule has 1 N–H and O–H groups in total. The van der Waals surface area contributed by atoms with E-state index in [1.54, 1.807) is 15.2 Å². The quantitative estimate of drug-likeness (QED) is 0.836. The number of piperidine rings is 1. The fourth-order valence-electron chi connectivity index (χ4n) is 2.64. The minimum Gasteiger partial charge on any atom is -0.390 e. The van der Waals surface area contributed by atoms with Crippen LogP contribution in [0.5, 0.6) is 0 Å². The molecule has 2 aliphatic rings. The lowest BCUT2D eigenvalue weighted by atomic mass is 10.1. The van der Waals surface area contributed by atoms with E-state index in [4.69, 9.17) is 5.11 Å². The van der Waals surface area contributed by atoms with Gasteiger partial charge < -0.3 is 5.11 Å². The molecule has 1 aliphatic heterocycles. The molecule has 2 fully saturated rings. The molecule has 0 radical (unpaired) electrons. The predicted octanol–water partition coefficient (Wildman–Crippen LogP) is 0.147. The van der Waals surface area contributed by atoms with Gasteiger partial charge in [-0.05, 0) is 31.6 Å². The molecule has 1 unspecified atom stereocenters. The van der Waals surface area contributed by atoms with E-state index >= 15 is 0 Å². The highest BCUT2D eigenvalue weighted by Crippen LogP contribution is 2.32. The Morgan fingerprint density at radius 2 is 2.15 bits per heavy atom. The number of aliphatic hydroxyl groups is 1. The second-order valence-corrected chi connectivity index (χ2v) is 7.74.